The second-order valence-corrected chi connectivity index (χ2v) is 5.56. The molecule has 0 unspecified atom stereocenters. The Hall–Kier alpha value is -2.42. The van der Waals surface area contributed by atoms with Crippen molar-refractivity contribution < 1.29 is 23.8 Å². The van der Waals surface area contributed by atoms with Crippen LogP contribution in [0.1, 0.15) is 10.5 Å². The standard InChI is InChI=1S/C17H23N3O5/c1-20(10-14(23-2)24-3)9-13(21)19-15-11-7-5-6-8-12(11)18-16(15)17(22)25-4/h5-8,14,18H,9-10H2,1-4H3,(H,19,21). The van der Waals surface area contributed by atoms with Crippen LogP contribution in [-0.4, -0.2) is 69.5 Å². The first-order valence-corrected chi connectivity index (χ1v) is 7.73. The third-order valence-corrected chi connectivity index (χ3v) is 3.76. The molecule has 0 radical (unpaired) electrons. The number of carbonyl (C=O) groups is 2. The first-order chi connectivity index (χ1) is 12.0. The number of nitrogens with one attached hydrogen (secondary N) is 2. The molecule has 2 aromatic rings. The highest BCUT2D eigenvalue weighted by molar-refractivity contribution is 6.11. The molecule has 0 atom stereocenters. The van der Waals surface area contributed by atoms with E-state index in [0.717, 1.165) is 10.9 Å². The zero-order valence-corrected chi connectivity index (χ0v) is 14.8. The third kappa shape index (κ3) is 4.56. The minimum atomic E-state index is -0.543. The number of ether oxygens (including phenoxy) is 3. The average molecular weight is 349 g/mol. The van der Waals surface area contributed by atoms with Crippen LogP contribution in [0.3, 0.4) is 0 Å². The van der Waals surface area contributed by atoms with Gasteiger partial charge in [-0.1, -0.05) is 18.2 Å². The number of para-hydroxylation sites is 1. The summed E-state index contributed by atoms with van der Waals surface area (Å²) in [4.78, 5) is 29.1. The highest BCUT2D eigenvalue weighted by Crippen LogP contribution is 2.28. The highest BCUT2D eigenvalue weighted by Gasteiger charge is 2.21. The molecule has 0 aliphatic heterocycles. The molecule has 8 nitrogen and oxygen atoms in total. The Balaban J connectivity index is 2.16. The normalized spacial score (nSPS) is 11.3. The van der Waals surface area contributed by atoms with Crippen molar-refractivity contribution in [1.29, 1.82) is 0 Å². The average Bonchev–Trinajstić information content (AvgIpc) is 2.97. The smallest absolute Gasteiger partial charge is 0.356 e. The number of amides is 1. The van der Waals surface area contributed by atoms with Crippen LogP contribution in [0.15, 0.2) is 24.3 Å². The van der Waals surface area contributed by atoms with E-state index >= 15 is 0 Å². The summed E-state index contributed by atoms with van der Waals surface area (Å²) in [5.41, 5.74) is 1.37. The summed E-state index contributed by atoms with van der Waals surface area (Å²) >= 11 is 0. The summed E-state index contributed by atoms with van der Waals surface area (Å²) in [6.45, 7) is 0.543. The summed E-state index contributed by atoms with van der Waals surface area (Å²) in [6, 6.07) is 7.32. The van der Waals surface area contributed by atoms with Gasteiger partial charge in [-0.15, -0.1) is 0 Å². The minimum absolute atomic E-state index is 0.114. The lowest BCUT2D eigenvalue weighted by atomic mass is 10.2. The lowest BCUT2D eigenvalue weighted by Gasteiger charge is -2.21. The molecule has 1 aromatic heterocycles. The van der Waals surface area contributed by atoms with Gasteiger partial charge in [0, 0.05) is 31.7 Å². The van der Waals surface area contributed by atoms with Crippen molar-refractivity contribution in [2.75, 3.05) is 46.8 Å². The molecule has 0 aliphatic carbocycles. The Morgan fingerprint density at radius 1 is 1.20 bits per heavy atom. The van der Waals surface area contributed by atoms with Crippen LogP contribution in [0, 0.1) is 0 Å². The number of aromatic nitrogens is 1. The van der Waals surface area contributed by atoms with Gasteiger partial charge in [0.15, 0.2) is 6.29 Å². The van der Waals surface area contributed by atoms with Crippen LogP contribution in [0.4, 0.5) is 5.69 Å². The lowest BCUT2D eigenvalue weighted by Crippen LogP contribution is -2.37. The van der Waals surface area contributed by atoms with Gasteiger partial charge in [-0.05, 0) is 13.1 Å². The summed E-state index contributed by atoms with van der Waals surface area (Å²) < 4.78 is 15.0. The number of anilines is 1. The van der Waals surface area contributed by atoms with Gasteiger partial charge in [-0.25, -0.2) is 4.79 Å². The van der Waals surface area contributed by atoms with Crippen LogP contribution < -0.4 is 5.32 Å². The molecule has 1 heterocycles. The van der Waals surface area contributed by atoms with Gasteiger partial charge in [0.1, 0.15) is 5.69 Å². The van der Waals surface area contributed by atoms with Gasteiger partial charge >= 0.3 is 5.97 Å². The van der Waals surface area contributed by atoms with Crippen molar-refractivity contribution in [3.05, 3.63) is 30.0 Å². The number of rotatable bonds is 8. The van der Waals surface area contributed by atoms with Gasteiger partial charge in [0.2, 0.25) is 5.91 Å². The summed E-state index contributed by atoms with van der Waals surface area (Å²) in [7, 11) is 6.15. The Morgan fingerprint density at radius 2 is 1.88 bits per heavy atom. The Bertz CT molecular complexity index is 739. The zero-order chi connectivity index (χ0) is 18.4. The molecule has 1 amide bonds. The number of likely N-dealkylation sites (N-methyl/N-ethyl adjacent to an activating group) is 1. The van der Waals surface area contributed by atoms with Crippen molar-refractivity contribution >= 4 is 28.5 Å². The fourth-order valence-electron chi connectivity index (χ4n) is 2.52. The van der Waals surface area contributed by atoms with Crippen LogP contribution in [-0.2, 0) is 19.0 Å². The molecule has 25 heavy (non-hydrogen) atoms. The fourth-order valence-corrected chi connectivity index (χ4v) is 2.52. The predicted molar refractivity (Wildman–Crippen MR) is 93.6 cm³/mol. The zero-order valence-electron chi connectivity index (χ0n) is 14.8. The number of hydrogen-bond acceptors (Lipinski definition) is 6. The second kappa shape index (κ2) is 8.61. The van der Waals surface area contributed by atoms with Crippen molar-refractivity contribution in [1.82, 2.24) is 9.88 Å². The molecule has 0 fully saturated rings. The van der Waals surface area contributed by atoms with E-state index in [2.05, 4.69) is 10.3 Å². The number of methoxy groups -OCH3 is 3. The van der Waals surface area contributed by atoms with Crippen LogP contribution in [0.2, 0.25) is 0 Å². The Kier molecular flexibility index (Phi) is 6.51. The molecule has 0 spiro atoms. The highest BCUT2D eigenvalue weighted by atomic mass is 16.7. The van der Waals surface area contributed by atoms with Crippen molar-refractivity contribution in [3.8, 4) is 0 Å². The fraction of sp³-hybridized carbons (Fsp3) is 0.412. The Morgan fingerprint density at radius 3 is 2.52 bits per heavy atom. The van der Waals surface area contributed by atoms with Crippen molar-refractivity contribution in [2.45, 2.75) is 6.29 Å². The van der Waals surface area contributed by atoms with E-state index in [1.54, 1.807) is 11.9 Å². The number of carbonyl (C=O) groups excluding carboxylic acids is 2. The van der Waals surface area contributed by atoms with E-state index < -0.39 is 12.3 Å². The quantitative estimate of drug-likeness (QED) is 0.553. The summed E-state index contributed by atoms with van der Waals surface area (Å²) in [6.07, 6.45) is -0.420. The van der Waals surface area contributed by atoms with Crippen LogP contribution in [0.5, 0.6) is 0 Å². The number of esters is 1. The molecule has 0 aliphatic rings. The van der Waals surface area contributed by atoms with E-state index in [1.165, 1.54) is 21.3 Å². The van der Waals surface area contributed by atoms with Crippen molar-refractivity contribution in [3.63, 3.8) is 0 Å². The van der Waals surface area contributed by atoms with Gasteiger partial charge in [0.05, 0.1) is 19.3 Å². The topological polar surface area (TPSA) is 92.9 Å². The largest absolute Gasteiger partial charge is 0.464 e. The number of aromatic amines is 1. The van der Waals surface area contributed by atoms with Gasteiger partial charge in [-0.2, -0.15) is 0 Å². The molecule has 0 bridgehead atoms. The Labute approximate surface area is 146 Å². The lowest BCUT2D eigenvalue weighted by molar-refractivity contribution is -0.124. The van der Waals surface area contributed by atoms with Gasteiger partial charge < -0.3 is 24.5 Å². The molecule has 0 saturated heterocycles. The molecule has 2 rings (SSSR count). The third-order valence-electron chi connectivity index (χ3n) is 3.76. The predicted octanol–water partition coefficient (Wildman–Crippen LogP) is 1.44. The van der Waals surface area contributed by atoms with Gasteiger partial charge in [-0.3, -0.25) is 9.69 Å². The maximum Gasteiger partial charge on any atom is 0.356 e. The number of benzene rings is 1. The summed E-state index contributed by atoms with van der Waals surface area (Å²) in [5.74, 6) is -0.804. The number of nitrogens with zero attached hydrogens (tertiary/aromatic N) is 1. The molecule has 2 N–H and O–H groups in total. The van der Waals surface area contributed by atoms with E-state index in [0.29, 0.717) is 12.2 Å². The van der Waals surface area contributed by atoms with E-state index in [9.17, 15) is 9.59 Å². The number of H-pyrrole nitrogens is 1. The van der Waals surface area contributed by atoms with Crippen molar-refractivity contribution in [2.24, 2.45) is 0 Å². The van der Waals surface area contributed by atoms with E-state index in [-0.39, 0.29) is 18.1 Å². The molecular weight excluding hydrogens is 326 g/mol. The first kappa shape index (κ1) is 18.9. The molecular formula is C17H23N3O5. The van der Waals surface area contributed by atoms with E-state index in [1.807, 2.05) is 24.3 Å². The van der Waals surface area contributed by atoms with E-state index in [4.69, 9.17) is 14.2 Å². The molecule has 0 saturated carbocycles. The number of hydrogen-bond donors (Lipinski definition) is 2. The van der Waals surface area contributed by atoms with Gasteiger partial charge in [0.25, 0.3) is 0 Å². The molecule has 1 aromatic carbocycles. The molecule has 8 heteroatoms. The number of fused-ring (bicyclic) bond motifs is 1. The minimum Gasteiger partial charge on any atom is -0.464 e. The SMILES string of the molecule is COC(=O)c1[nH]c2ccccc2c1NC(=O)CN(C)CC(OC)OC. The second-order valence-electron chi connectivity index (χ2n) is 5.56. The van der Waals surface area contributed by atoms with Crippen LogP contribution >= 0.6 is 0 Å². The van der Waals surface area contributed by atoms with Crippen LogP contribution in [0.25, 0.3) is 10.9 Å². The summed E-state index contributed by atoms with van der Waals surface area (Å²) in [5, 5.41) is 3.54. The maximum absolute atomic E-state index is 12.4. The monoisotopic (exact) mass is 349 g/mol. The molecule has 136 valence electrons. The maximum atomic E-state index is 12.4. The first-order valence-electron chi connectivity index (χ1n) is 7.73.